The van der Waals surface area contributed by atoms with Crippen molar-refractivity contribution in [3.8, 4) is 28.7 Å². The van der Waals surface area contributed by atoms with Gasteiger partial charge in [0.1, 0.15) is 24.1 Å². The number of carboxylic acids is 1. The van der Waals surface area contributed by atoms with E-state index in [1.165, 1.54) is 0 Å². The van der Waals surface area contributed by atoms with Gasteiger partial charge in [-0.3, -0.25) is 14.5 Å². The molecular formula is C49H40Cl2N4O6. The van der Waals surface area contributed by atoms with E-state index < -0.39 is 30.1 Å². The fraction of sp³-hybridized carbons (Fsp3) is 0.184. The number of nitrogens with one attached hydrogen (secondary N) is 2. The molecule has 2 heterocycles. The number of fused-ring (bicyclic) bond motifs is 2. The molecule has 1 unspecified atom stereocenters. The number of amides is 2. The zero-order valence-electron chi connectivity index (χ0n) is 33.0. The van der Waals surface area contributed by atoms with Gasteiger partial charge < -0.3 is 25.2 Å². The SMILES string of the molecule is Cc1ccccc1CN1Cc2cc3c(cc2CC1C(=O)N[C@@H](Cc1ccc(-c2ccc(C#N)cc2)cc1)C(=O)O)NC(=O)[C@H](c1ccc(OCc2ccc(Cl)c(Cl)c2)cc1)O3. The van der Waals surface area contributed by atoms with Gasteiger partial charge in [0.15, 0.2) is 0 Å². The van der Waals surface area contributed by atoms with Crippen LogP contribution in [0, 0.1) is 18.3 Å². The van der Waals surface area contributed by atoms with E-state index >= 15 is 0 Å². The van der Waals surface area contributed by atoms with Crippen LogP contribution in [0.3, 0.4) is 0 Å². The number of ether oxygens (including phenoxy) is 2. The van der Waals surface area contributed by atoms with Crippen molar-refractivity contribution in [2.24, 2.45) is 0 Å². The molecule has 0 bridgehead atoms. The number of halogens is 2. The fourth-order valence-corrected chi connectivity index (χ4v) is 8.02. The van der Waals surface area contributed by atoms with Crippen LogP contribution >= 0.6 is 23.2 Å². The largest absolute Gasteiger partial charge is 0.489 e. The summed E-state index contributed by atoms with van der Waals surface area (Å²) in [7, 11) is 0. The lowest BCUT2D eigenvalue weighted by Gasteiger charge is -2.38. The number of hydrogen-bond acceptors (Lipinski definition) is 7. The number of rotatable bonds is 12. The number of anilines is 1. The van der Waals surface area contributed by atoms with Crippen LogP contribution in [-0.2, 0) is 46.9 Å². The molecule has 0 aromatic heterocycles. The molecule has 0 saturated carbocycles. The Morgan fingerprint density at radius 2 is 1.61 bits per heavy atom. The first-order valence-corrected chi connectivity index (χ1v) is 20.5. The van der Waals surface area contributed by atoms with Gasteiger partial charge in [-0.25, -0.2) is 4.79 Å². The molecule has 10 nitrogen and oxygen atoms in total. The summed E-state index contributed by atoms with van der Waals surface area (Å²) in [4.78, 5) is 42.4. The molecule has 3 N–H and O–H groups in total. The van der Waals surface area contributed by atoms with E-state index in [1.54, 1.807) is 48.5 Å². The second-order valence-corrected chi connectivity index (χ2v) is 16.1. The third-order valence-electron chi connectivity index (χ3n) is 11.1. The van der Waals surface area contributed by atoms with Crippen LogP contribution in [0.15, 0.2) is 127 Å². The summed E-state index contributed by atoms with van der Waals surface area (Å²) >= 11 is 12.2. The Morgan fingerprint density at radius 3 is 2.30 bits per heavy atom. The summed E-state index contributed by atoms with van der Waals surface area (Å²) in [6.07, 6.45) is -0.530. The van der Waals surface area contributed by atoms with Crippen LogP contribution in [0.4, 0.5) is 5.69 Å². The van der Waals surface area contributed by atoms with E-state index in [4.69, 9.17) is 37.9 Å². The van der Waals surface area contributed by atoms with E-state index in [0.717, 1.165) is 44.5 Å². The number of nitrogens with zero attached hydrogens (tertiary/aromatic N) is 2. The summed E-state index contributed by atoms with van der Waals surface area (Å²) in [6.45, 7) is 3.15. The number of aliphatic carboxylic acids is 1. The lowest BCUT2D eigenvalue weighted by Crippen LogP contribution is -2.54. The number of nitriles is 1. The molecular weight excluding hydrogens is 811 g/mol. The minimum absolute atomic E-state index is 0.0857. The standard InChI is InChI=1S/C49H40Cl2N4O6/c1-29-4-2-3-5-36(29)26-55-27-38-24-45-42(53-48(57)46(61-45)35-15-17-39(18-16-35)60-28-32-10-19-40(50)41(51)20-32)22-37(38)23-44(55)47(56)54-43(49(58)59)21-30-6-11-33(12-7-30)34-13-8-31(25-52)9-14-34/h2-20,22,24,43-44,46H,21,23,26-28H2,1H3,(H,53,57)(H,54,56)(H,58,59)/t43-,44?,46-/m0/s1. The van der Waals surface area contributed by atoms with Crippen molar-refractivity contribution in [1.82, 2.24) is 10.2 Å². The molecule has 0 aliphatic carbocycles. The second kappa shape index (κ2) is 17.9. The predicted molar refractivity (Wildman–Crippen MR) is 233 cm³/mol. The highest BCUT2D eigenvalue weighted by Crippen LogP contribution is 2.40. The quantitative estimate of drug-likeness (QED) is 0.111. The zero-order chi connectivity index (χ0) is 42.6. The molecule has 0 saturated heterocycles. The van der Waals surface area contributed by atoms with Crippen LogP contribution in [0.5, 0.6) is 11.5 Å². The molecule has 12 heteroatoms. The van der Waals surface area contributed by atoms with Crippen molar-refractivity contribution in [2.75, 3.05) is 5.32 Å². The van der Waals surface area contributed by atoms with Crippen LogP contribution < -0.4 is 20.1 Å². The Balaban J connectivity index is 0.984. The zero-order valence-corrected chi connectivity index (χ0v) is 34.5. The van der Waals surface area contributed by atoms with Crippen LogP contribution in [0.2, 0.25) is 10.0 Å². The second-order valence-electron chi connectivity index (χ2n) is 15.3. The topological polar surface area (TPSA) is 141 Å². The summed E-state index contributed by atoms with van der Waals surface area (Å²) < 4.78 is 12.3. The van der Waals surface area contributed by atoms with E-state index in [0.29, 0.717) is 51.4 Å². The number of aryl methyl sites for hydroxylation is 1. The van der Waals surface area contributed by atoms with Gasteiger partial charge in [0, 0.05) is 25.1 Å². The Bertz CT molecular complexity index is 2660. The van der Waals surface area contributed by atoms with Crippen molar-refractivity contribution in [3.05, 3.63) is 182 Å². The number of carbonyl (C=O) groups excluding carboxylic acids is 2. The highest BCUT2D eigenvalue weighted by atomic mass is 35.5. The highest BCUT2D eigenvalue weighted by Gasteiger charge is 2.37. The van der Waals surface area contributed by atoms with E-state index in [1.807, 2.05) is 85.8 Å². The summed E-state index contributed by atoms with van der Waals surface area (Å²) in [5.74, 6) is -0.753. The molecule has 0 radical (unpaired) electrons. The van der Waals surface area contributed by atoms with Gasteiger partial charge in [-0.15, -0.1) is 0 Å². The Morgan fingerprint density at radius 1 is 0.902 bits per heavy atom. The number of hydrogen-bond donors (Lipinski definition) is 3. The monoisotopic (exact) mass is 850 g/mol. The molecule has 6 aromatic carbocycles. The lowest BCUT2D eigenvalue weighted by molar-refractivity contribution is -0.142. The number of benzene rings is 6. The van der Waals surface area contributed by atoms with Gasteiger partial charge >= 0.3 is 5.97 Å². The third-order valence-corrected chi connectivity index (χ3v) is 11.9. The molecule has 0 fully saturated rings. The summed E-state index contributed by atoms with van der Waals surface area (Å²) in [5, 5.41) is 26.2. The first-order chi connectivity index (χ1) is 29.5. The molecule has 306 valence electrons. The number of carboxylic acid groups (broad SMARTS) is 1. The maximum Gasteiger partial charge on any atom is 0.326 e. The van der Waals surface area contributed by atoms with Crippen molar-refractivity contribution < 1.29 is 29.0 Å². The third kappa shape index (κ3) is 9.40. The summed E-state index contributed by atoms with van der Waals surface area (Å²) in [6, 6.07) is 39.2. The molecule has 61 heavy (non-hydrogen) atoms. The molecule has 0 spiro atoms. The van der Waals surface area contributed by atoms with Gasteiger partial charge in [-0.05, 0) is 106 Å². The molecule has 2 amide bonds. The smallest absolute Gasteiger partial charge is 0.326 e. The maximum atomic E-state index is 14.2. The first-order valence-electron chi connectivity index (χ1n) is 19.7. The van der Waals surface area contributed by atoms with Crippen molar-refractivity contribution in [3.63, 3.8) is 0 Å². The van der Waals surface area contributed by atoms with Gasteiger partial charge in [-0.2, -0.15) is 5.26 Å². The van der Waals surface area contributed by atoms with Gasteiger partial charge in [0.05, 0.1) is 33.4 Å². The molecule has 8 rings (SSSR count). The molecule has 6 aromatic rings. The van der Waals surface area contributed by atoms with Gasteiger partial charge in [0.2, 0.25) is 12.0 Å². The van der Waals surface area contributed by atoms with Crippen LogP contribution in [0.1, 0.15) is 50.6 Å². The van der Waals surface area contributed by atoms with E-state index in [-0.39, 0.29) is 25.4 Å². The molecule has 2 aliphatic rings. The molecule has 3 atom stereocenters. The average Bonchev–Trinajstić information content (AvgIpc) is 3.26. The van der Waals surface area contributed by atoms with E-state index in [9.17, 15) is 19.5 Å². The highest BCUT2D eigenvalue weighted by molar-refractivity contribution is 6.42. The van der Waals surface area contributed by atoms with Gasteiger partial charge in [0.25, 0.3) is 5.91 Å². The van der Waals surface area contributed by atoms with Crippen LogP contribution in [-0.4, -0.2) is 39.9 Å². The fourth-order valence-electron chi connectivity index (χ4n) is 7.70. The van der Waals surface area contributed by atoms with Crippen molar-refractivity contribution >= 4 is 46.7 Å². The number of carbonyl (C=O) groups is 3. The van der Waals surface area contributed by atoms with E-state index in [2.05, 4.69) is 21.6 Å². The van der Waals surface area contributed by atoms with Gasteiger partial charge in [-0.1, -0.05) is 102 Å². The van der Waals surface area contributed by atoms with Crippen LogP contribution in [0.25, 0.3) is 11.1 Å². The Hall–Kier alpha value is -6.64. The summed E-state index contributed by atoms with van der Waals surface area (Å²) in [5.41, 5.74) is 9.11. The minimum Gasteiger partial charge on any atom is -0.489 e. The maximum absolute atomic E-state index is 14.2. The normalized spacial score (nSPS) is 16.2. The average molecular weight is 852 g/mol. The predicted octanol–water partition coefficient (Wildman–Crippen LogP) is 9.23. The van der Waals surface area contributed by atoms with Crippen molar-refractivity contribution in [1.29, 1.82) is 5.26 Å². The van der Waals surface area contributed by atoms with Crippen molar-refractivity contribution in [2.45, 2.75) is 57.6 Å². The molecule has 2 aliphatic heterocycles. The first kappa shape index (κ1) is 41.1. The Labute approximate surface area is 363 Å². The Kier molecular flexibility index (Phi) is 12.1. The minimum atomic E-state index is -1.17. The lowest BCUT2D eigenvalue weighted by atomic mass is 9.91.